The van der Waals surface area contributed by atoms with E-state index in [1.807, 2.05) is 39.0 Å². The summed E-state index contributed by atoms with van der Waals surface area (Å²) in [7, 11) is 0. The number of carboxylic acids is 1. The van der Waals surface area contributed by atoms with Gasteiger partial charge in [-0.05, 0) is 56.1 Å². The van der Waals surface area contributed by atoms with E-state index >= 15 is 0 Å². The molecule has 8 heteroatoms. The molecule has 1 aromatic carbocycles. The van der Waals surface area contributed by atoms with E-state index in [1.165, 1.54) is 18.6 Å². The molecule has 2 N–H and O–H groups in total. The average molecular weight is 587 g/mol. The van der Waals surface area contributed by atoms with Crippen LogP contribution in [0.1, 0.15) is 86.1 Å². The van der Waals surface area contributed by atoms with Crippen LogP contribution < -0.4 is 0 Å². The molecule has 1 aromatic rings. The van der Waals surface area contributed by atoms with Gasteiger partial charge in [-0.3, -0.25) is 4.79 Å². The molecule has 9 atom stereocenters. The van der Waals surface area contributed by atoms with E-state index in [9.17, 15) is 14.7 Å². The fraction of sp³-hybridized carbons (Fsp3) is 0.647. The molecular formula is C34H50O8. The highest BCUT2D eigenvalue weighted by atomic mass is 16.9. The second kappa shape index (κ2) is 13.8. The number of esters is 1. The Labute approximate surface area is 251 Å². The minimum absolute atomic E-state index is 0.0586. The van der Waals surface area contributed by atoms with Crippen molar-refractivity contribution in [1.82, 2.24) is 0 Å². The Balaban J connectivity index is 0.000000343. The molecule has 3 aliphatic heterocycles. The van der Waals surface area contributed by atoms with Gasteiger partial charge in [-0.1, -0.05) is 77.1 Å². The lowest BCUT2D eigenvalue weighted by molar-refractivity contribution is -0.314. The Morgan fingerprint density at radius 3 is 2.43 bits per heavy atom. The van der Waals surface area contributed by atoms with Gasteiger partial charge < -0.3 is 29.2 Å². The number of benzene rings is 1. The second-order valence-corrected chi connectivity index (χ2v) is 12.8. The molecule has 3 saturated heterocycles. The lowest BCUT2D eigenvalue weighted by Gasteiger charge is -2.39. The number of aliphatic carboxylic acids is 1. The third kappa shape index (κ3) is 8.10. The molecule has 0 aliphatic carbocycles. The van der Waals surface area contributed by atoms with Gasteiger partial charge in [-0.25, -0.2) is 4.79 Å². The molecule has 0 amide bonds. The Hall–Kier alpha value is -2.52. The van der Waals surface area contributed by atoms with Gasteiger partial charge in [0.1, 0.15) is 23.4 Å². The summed E-state index contributed by atoms with van der Waals surface area (Å²) >= 11 is 0. The number of allylic oxidation sites excluding steroid dienone is 1. The van der Waals surface area contributed by atoms with Crippen LogP contribution in [-0.2, 0) is 35.0 Å². The zero-order valence-corrected chi connectivity index (χ0v) is 26.3. The van der Waals surface area contributed by atoms with Crippen LogP contribution in [0, 0.1) is 17.8 Å². The third-order valence-corrected chi connectivity index (χ3v) is 9.04. The highest BCUT2D eigenvalue weighted by Gasteiger charge is 2.78. The number of carbonyl (C=O) groups is 2. The lowest BCUT2D eigenvalue weighted by atomic mass is 9.87. The summed E-state index contributed by atoms with van der Waals surface area (Å²) in [5, 5.41) is 19.1. The van der Waals surface area contributed by atoms with Gasteiger partial charge in [0.05, 0.1) is 0 Å². The van der Waals surface area contributed by atoms with Gasteiger partial charge in [-0.15, -0.1) is 0 Å². The van der Waals surface area contributed by atoms with Crippen molar-refractivity contribution < 1.29 is 38.7 Å². The monoisotopic (exact) mass is 586 g/mol. The van der Waals surface area contributed by atoms with E-state index in [4.69, 9.17) is 24.1 Å². The lowest BCUT2D eigenvalue weighted by Crippen LogP contribution is -2.53. The Bertz CT molecular complexity index is 1120. The summed E-state index contributed by atoms with van der Waals surface area (Å²) in [4.78, 5) is 21.9. The molecule has 42 heavy (non-hydrogen) atoms. The predicted molar refractivity (Wildman–Crippen MR) is 160 cm³/mol. The van der Waals surface area contributed by atoms with Crippen LogP contribution in [0.25, 0.3) is 0 Å². The van der Waals surface area contributed by atoms with Crippen LogP contribution in [0.2, 0.25) is 0 Å². The number of carboxylic acid groups (broad SMARTS) is 1. The van der Waals surface area contributed by atoms with Crippen LogP contribution in [0.5, 0.6) is 0 Å². The van der Waals surface area contributed by atoms with Crippen molar-refractivity contribution in [2.24, 2.45) is 17.8 Å². The molecule has 0 saturated carbocycles. The van der Waals surface area contributed by atoms with Gasteiger partial charge >= 0.3 is 11.9 Å². The van der Waals surface area contributed by atoms with Crippen LogP contribution in [0.3, 0.4) is 0 Å². The Morgan fingerprint density at radius 1 is 1.17 bits per heavy atom. The van der Waals surface area contributed by atoms with E-state index in [1.54, 1.807) is 6.08 Å². The molecule has 3 fully saturated rings. The number of aliphatic hydroxyl groups is 1. The Kier molecular flexibility index (Phi) is 11.2. The van der Waals surface area contributed by atoms with E-state index in [-0.39, 0.29) is 18.2 Å². The minimum atomic E-state index is -1.11. The highest BCUT2D eigenvalue weighted by molar-refractivity contribution is 5.79. The molecule has 3 heterocycles. The molecule has 0 radical (unpaired) electrons. The van der Waals surface area contributed by atoms with E-state index in [2.05, 4.69) is 39.5 Å². The van der Waals surface area contributed by atoms with Crippen LogP contribution in [0.4, 0.5) is 0 Å². The predicted octanol–water partition coefficient (Wildman–Crippen LogP) is 6.21. The smallest absolute Gasteiger partial charge is 0.327 e. The summed E-state index contributed by atoms with van der Waals surface area (Å²) in [6.45, 7) is 18.0. The second-order valence-electron chi connectivity index (χ2n) is 12.8. The largest absolute Gasteiger partial charge is 0.478 e. The van der Waals surface area contributed by atoms with Crippen molar-refractivity contribution in [3.63, 3.8) is 0 Å². The molecule has 0 aromatic heterocycles. The molecule has 8 unspecified atom stereocenters. The van der Waals surface area contributed by atoms with Crippen molar-refractivity contribution in [3.8, 4) is 0 Å². The van der Waals surface area contributed by atoms with Crippen molar-refractivity contribution in [2.75, 3.05) is 0 Å². The number of hydrogen-bond donors (Lipinski definition) is 2. The van der Waals surface area contributed by atoms with E-state index < -0.39 is 35.2 Å². The first-order valence-electron chi connectivity index (χ1n) is 15.2. The molecule has 3 aliphatic rings. The summed E-state index contributed by atoms with van der Waals surface area (Å²) < 4.78 is 23.7. The quantitative estimate of drug-likeness (QED) is 0.121. The zero-order chi connectivity index (χ0) is 31.3. The van der Waals surface area contributed by atoms with E-state index in [0.29, 0.717) is 31.1 Å². The van der Waals surface area contributed by atoms with Crippen molar-refractivity contribution in [1.29, 1.82) is 0 Å². The molecule has 0 spiro atoms. The molecule has 4 rings (SSSR count). The standard InChI is InChI=1S/C24H32O6.C10H18O2/c1-15(20(27-17(3)25)16(2)13-18-9-7-6-8-10-18)11-12-24-19(26)14-22(4,30-24)23(5)21(28-23)29-24;1-4-8(2)7-9(3)5-6-10(11)12/h6-10,16,19-21,26H,1,11-14H2,2-5H3;5-6,8-9H,4,7H2,1-3H3,(H,11,12)/b;6-5+/t16?,19?,20?,21?,22?,23-,24?;/m0./s1. The van der Waals surface area contributed by atoms with Crippen molar-refractivity contribution in [2.45, 2.75) is 122 Å². The first-order valence-corrected chi connectivity index (χ1v) is 15.2. The summed E-state index contributed by atoms with van der Waals surface area (Å²) in [6.07, 6.45) is 5.86. The fourth-order valence-electron chi connectivity index (χ4n) is 6.06. The third-order valence-electron chi connectivity index (χ3n) is 9.04. The minimum Gasteiger partial charge on any atom is -0.478 e. The topological polar surface area (TPSA) is 115 Å². The maximum absolute atomic E-state index is 11.8. The molecule has 2 bridgehead atoms. The number of hydrogen-bond acceptors (Lipinski definition) is 7. The molecule has 234 valence electrons. The van der Waals surface area contributed by atoms with Crippen molar-refractivity contribution in [3.05, 3.63) is 60.2 Å². The van der Waals surface area contributed by atoms with E-state index in [0.717, 1.165) is 24.8 Å². The van der Waals surface area contributed by atoms with Gasteiger partial charge in [0.15, 0.2) is 12.1 Å². The normalized spacial score (nSPS) is 32.1. The maximum atomic E-state index is 11.8. The SMILES string of the molecule is C=C(CCC12OC3O[C@]3(C)C(C)(CC1O)O2)C(OC(C)=O)C(C)Cc1ccccc1.CCC(C)CC(C)/C=C/C(=O)O. The van der Waals surface area contributed by atoms with Crippen LogP contribution in [-0.4, -0.2) is 57.6 Å². The number of fused-ring (bicyclic) bond motifs is 4. The van der Waals surface area contributed by atoms with Crippen LogP contribution >= 0.6 is 0 Å². The first-order chi connectivity index (χ1) is 19.6. The summed E-state index contributed by atoms with van der Waals surface area (Å²) in [5.74, 6) is -1.19. The summed E-state index contributed by atoms with van der Waals surface area (Å²) in [6, 6.07) is 10.1. The highest BCUT2D eigenvalue weighted by Crippen LogP contribution is 2.62. The van der Waals surface area contributed by atoms with Gasteiger partial charge in [-0.2, -0.15) is 0 Å². The fourth-order valence-corrected chi connectivity index (χ4v) is 6.06. The van der Waals surface area contributed by atoms with Crippen LogP contribution in [0.15, 0.2) is 54.6 Å². The van der Waals surface area contributed by atoms with Gasteiger partial charge in [0.25, 0.3) is 0 Å². The summed E-state index contributed by atoms with van der Waals surface area (Å²) in [5.41, 5.74) is 0.892. The molecule has 8 nitrogen and oxygen atoms in total. The number of aliphatic hydroxyl groups excluding tert-OH is 1. The average Bonchev–Trinajstić information content (AvgIpc) is 3.54. The zero-order valence-electron chi connectivity index (χ0n) is 26.3. The number of epoxide rings is 1. The molecular weight excluding hydrogens is 536 g/mol. The number of rotatable bonds is 13. The van der Waals surface area contributed by atoms with Crippen molar-refractivity contribution >= 4 is 11.9 Å². The maximum Gasteiger partial charge on any atom is 0.327 e. The number of carbonyl (C=O) groups excluding carboxylic acids is 1. The van der Waals surface area contributed by atoms with Gasteiger partial charge in [0, 0.05) is 31.8 Å². The first kappa shape index (κ1) is 34.0. The number of ether oxygens (including phenoxy) is 4. The van der Waals surface area contributed by atoms with Gasteiger partial charge in [0.2, 0.25) is 0 Å². The Morgan fingerprint density at radius 2 is 1.83 bits per heavy atom.